The highest BCUT2D eigenvalue weighted by atomic mass is 19.2. The Hall–Kier alpha value is -3.27. The first-order valence-corrected chi connectivity index (χ1v) is 7.28. The second-order valence-electron chi connectivity index (χ2n) is 5.12. The smallest absolute Gasteiger partial charge is 0.328 e. The van der Waals surface area contributed by atoms with E-state index >= 15 is 0 Å². The fraction of sp³-hybridized carbons (Fsp3) is 0.167. The first-order chi connectivity index (χ1) is 12.0. The zero-order valence-corrected chi connectivity index (χ0v) is 13.3. The first-order valence-electron chi connectivity index (χ1n) is 7.28. The van der Waals surface area contributed by atoms with Crippen molar-refractivity contribution in [3.8, 4) is 6.07 Å². The molecule has 0 aliphatic rings. The van der Waals surface area contributed by atoms with Gasteiger partial charge in [-0.25, -0.2) is 13.6 Å². The summed E-state index contributed by atoms with van der Waals surface area (Å²) in [5.74, 6) is -4.20. The van der Waals surface area contributed by atoms with Gasteiger partial charge in [-0.3, -0.25) is 4.79 Å². The second kappa shape index (κ2) is 8.02. The quantitative estimate of drug-likeness (QED) is 0.845. The standard InChI is InChI=1S/C18H14F2N2O3/c1-25-18(24)15(9-11-5-2-3-6-12(11)10-21)22-17(23)13-7-4-8-14(19)16(13)20/h2-8,15H,9H2,1H3,(H,22,23)/t15-/m0/s1. The van der Waals surface area contributed by atoms with Crippen LogP contribution < -0.4 is 5.32 Å². The van der Waals surface area contributed by atoms with Crippen molar-refractivity contribution in [2.75, 3.05) is 7.11 Å². The summed E-state index contributed by atoms with van der Waals surface area (Å²) in [6.07, 6.45) is -0.0287. The van der Waals surface area contributed by atoms with Gasteiger partial charge >= 0.3 is 5.97 Å². The van der Waals surface area contributed by atoms with E-state index in [1.165, 1.54) is 6.07 Å². The van der Waals surface area contributed by atoms with Gasteiger partial charge < -0.3 is 10.1 Å². The van der Waals surface area contributed by atoms with E-state index in [0.717, 1.165) is 19.2 Å². The molecule has 0 saturated heterocycles. The predicted molar refractivity (Wildman–Crippen MR) is 84.5 cm³/mol. The number of ether oxygens (including phenoxy) is 1. The fourth-order valence-corrected chi connectivity index (χ4v) is 2.28. The molecule has 1 atom stereocenters. The molecule has 0 saturated carbocycles. The molecule has 25 heavy (non-hydrogen) atoms. The third kappa shape index (κ3) is 4.18. The lowest BCUT2D eigenvalue weighted by molar-refractivity contribution is -0.142. The van der Waals surface area contributed by atoms with E-state index in [4.69, 9.17) is 5.26 Å². The van der Waals surface area contributed by atoms with Crippen LogP contribution in [0, 0.1) is 23.0 Å². The Bertz CT molecular complexity index is 846. The average molecular weight is 344 g/mol. The number of hydrogen-bond donors (Lipinski definition) is 1. The van der Waals surface area contributed by atoms with E-state index in [2.05, 4.69) is 10.1 Å². The fourth-order valence-electron chi connectivity index (χ4n) is 2.28. The normalized spacial score (nSPS) is 11.3. The molecule has 0 radical (unpaired) electrons. The van der Waals surface area contributed by atoms with Crippen LogP contribution in [0.5, 0.6) is 0 Å². The van der Waals surface area contributed by atoms with Crippen molar-refractivity contribution in [2.24, 2.45) is 0 Å². The van der Waals surface area contributed by atoms with Crippen LogP contribution in [0.25, 0.3) is 0 Å². The molecule has 5 nitrogen and oxygen atoms in total. The second-order valence-corrected chi connectivity index (χ2v) is 5.12. The highest BCUT2D eigenvalue weighted by Crippen LogP contribution is 2.14. The summed E-state index contributed by atoms with van der Waals surface area (Å²) in [4.78, 5) is 24.1. The number of carbonyl (C=O) groups excluding carboxylic acids is 2. The zero-order chi connectivity index (χ0) is 18.4. The summed E-state index contributed by atoms with van der Waals surface area (Å²) in [5.41, 5.74) is 0.325. The van der Waals surface area contributed by atoms with E-state index in [1.54, 1.807) is 24.3 Å². The summed E-state index contributed by atoms with van der Waals surface area (Å²) in [6, 6.07) is 10.5. The third-order valence-electron chi connectivity index (χ3n) is 3.55. The molecular weight excluding hydrogens is 330 g/mol. The highest BCUT2D eigenvalue weighted by Gasteiger charge is 2.25. The van der Waals surface area contributed by atoms with Gasteiger partial charge in [0, 0.05) is 6.42 Å². The summed E-state index contributed by atoms with van der Waals surface area (Å²) in [5, 5.41) is 11.4. The Morgan fingerprint density at radius 1 is 1.20 bits per heavy atom. The van der Waals surface area contributed by atoms with Crippen molar-refractivity contribution in [2.45, 2.75) is 12.5 Å². The van der Waals surface area contributed by atoms with Crippen LogP contribution in [0.15, 0.2) is 42.5 Å². The number of benzene rings is 2. The number of amides is 1. The Kier molecular flexibility index (Phi) is 5.79. The van der Waals surface area contributed by atoms with E-state index < -0.39 is 35.1 Å². The van der Waals surface area contributed by atoms with E-state index in [1.807, 2.05) is 6.07 Å². The molecule has 0 fully saturated rings. The molecule has 0 heterocycles. The van der Waals surface area contributed by atoms with Crippen LogP contribution in [0.3, 0.4) is 0 Å². The molecule has 0 aromatic heterocycles. The van der Waals surface area contributed by atoms with Crippen molar-refractivity contribution in [1.29, 1.82) is 5.26 Å². The van der Waals surface area contributed by atoms with Gasteiger partial charge in [0.15, 0.2) is 11.6 Å². The summed E-state index contributed by atoms with van der Waals surface area (Å²) < 4.78 is 31.6. The highest BCUT2D eigenvalue weighted by molar-refractivity contribution is 5.97. The van der Waals surface area contributed by atoms with Gasteiger partial charge in [0.2, 0.25) is 0 Å². The van der Waals surface area contributed by atoms with Crippen LogP contribution in [-0.4, -0.2) is 25.0 Å². The summed E-state index contributed by atoms with van der Waals surface area (Å²) in [6.45, 7) is 0. The Morgan fingerprint density at radius 2 is 1.92 bits per heavy atom. The van der Waals surface area contributed by atoms with Crippen LogP contribution >= 0.6 is 0 Å². The molecule has 2 rings (SSSR count). The number of halogens is 2. The monoisotopic (exact) mass is 344 g/mol. The van der Waals surface area contributed by atoms with Crippen LogP contribution in [0.1, 0.15) is 21.5 Å². The molecule has 1 N–H and O–H groups in total. The Balaban J connectivity index is 2.27. The van der Waals surface area contributed by atoms with Crippen LogP contribution in [0.4, 0.5) is 8.78 Å². The average Bonchev–Trinajstić information content (AvgIpc) is 2.63. The first kappa shape index (κ1) is 18.1. The Morgan fingerprint density at radius 3 is 2.60 bits per heavy atom. The minimum absolute atomic E-state index is 0.0287. The number of nitrogens with zero attached hydrogens (tertiary/aromatic N) is 1. The molecule has 7 heteroatoms. The van der Waals surface area contributed by atoms with Crippen molar-refractivity contribution >= 4 is 11.9 Å². The van der Waals surface area contributed by atoms with Gasteiger partial charge in [0.05, 0.1) is 24.3 Å². The number of methoxy groups -OCH3 is 1. The number of carbonyl (C=O) groups is 2. The molecule has 2 aromatic carbocycles. The van der Waals surface area contributed by atoms with Gasteiger partial charge in [-0.2, -0.15) is 5.26 Å². The van der Waals surface area contributed by atoms with E-state index in [0.29, 0.717) is 11.1 Å². The van der Waals surface area contributed by atoms with Gasteiger partial charge in [-0.05, 0) is 23.8 Å². The lowest BCUT2D eigenvalue weighted by Crippen LogP contribution is -2.43. The molecule has 0 unspecified atom stereocenters. The van der Waals surface area contributed by atoms with Crippen LogP contribution in [0.2, 0.25) is 0 Å². The van der Waals surface area contributed by atoms with Gasteiger partial charge in [-0.15, -0.1) is 0 Å². The topological polar surface area (TPSA) is 79.2 Å². The molecule has 2 aromatic rings. The number of hydrogen-bond acceptors (Lipinski definition) is 4. The number of nitriles is 1. The minimum Gasteiger partial charge on any atom is -0.467 e. The largest absolute Gasteiger partial charge is 0.467 e. The lowest BCUT2D eigenvalue weighted by Gasteiger charge is -2.17. The van der Waals surface area contributed by atoms with Gasteiger partial charge in [-0.1, -0.05) is 24.3 Å². The number of esters is 1. The molecular formula is C18H14F2N2O3. The van der Waals surface area contributed by atoms with Crippen molar-refractivity contribution < 1.29 is 23.1 Å². The van der Waals surface area contributed by atoms with Gasteiger partial charge in [0.25, 0.3) is 5.91 Å². The molecule has 0 aliphatic heterocycles. The zero-order valence-electron chi connectivity index (χ0n) is 13.3. The third-order valence-corrected chi connectivity index (χ3v) is 3.55. The van der Waals surface area contributed by atoms with E-state index in [-0.39, 0.29) is 6.42 Å². The molecule has 0 aliphatic carbocycles. The van der Waals surface area contributed by atoms with Crippen molar-refractivity contribution in [1.82, 2.24) is 5.32 Å². The summed E-state index contributed by atoms with van der Waals surface area (Å²) in [7, 11) is 1.14. The maximum absolute atomic E-state index is 13.7. The predicted octanol–water partition coefficient (Wildman–Crippen LogP) is 2.35. The molecule has 0 bridgehead atoms. The summed E-state index contributed by atoms with van der Waals surface area (Å²) >= 11 is 0. The number of nitrogens with one attached hydrogen (secondary N) is 1. The lowest BCUT2D eigenvalue weighted by atomic mass is 10.0. The molecule has 1 amide bonds. The molecule has 128 valence electrons. The number of rotatable bonds is 5. The maximum Gasteiger partial charge on any atom is 0.328 e. The Labute approximate surface area is 142 Å². The minimum atomic E-state index is -1.30. The van der Waals surface area contributed by atoms with Crippen molar-refractivity contribution in [3.05, 3.63) is 70.8 Å². The maximum atomic E-state index is 13.7. The van der Waals surface area contributed by atoms with Crippen LogP contribution in [-0.2, 0) is 16.0 Å². The van der Waals surface area contributed by atoms with Gasteiger partial charge in [0.1, 0.15) is 6.04 Å². The SMILES string of the molecule is COC(=O)[C@H](Cc1ccccc1C#N)NC(=O)c1cccc(F)c1F. The molecule has 0 spiro atoms. The van der Waals surface area contributed by atoms with E-state index in [9.17, 15) is 18.4 Å². The van der Waals surface area contributed by atoms with Crippen molar-refractivity contribution in [3.63, 3.8) is 0 Å².